The van der Waals surface area contributed by atoms with E-state index >= 15 is 0 Å². The largest absolute Gasteiger partial charge is 0.352 e. The van der Waals surface area contributed by atoms with Crippen LogP contribution in [0.4, 0.5) is 0 Å². The number of nitrogens with one attached hydrogen (secondary N) is 2. The van der Waals surface area contributed by atoms with Gasteiger partial charge in [0.25, 0.3) is 5.91 Å². The lowest BCUT2D eigenvalue weighted by atomic mass is 10.2. The average molecular weight is 341 g/mol. The van der Waals surface area contributed by atoms with E-state index in [4.69, 9.17) is 0 Å². The molecule has 0 fully saturated rings. The molecule has 0 spiro atoms. The molecule has 1 amide bonds. The zero-order valence-electron chi connectivity index (χ0n) is 9.11. The number of hydrogen-bond donors (Lipinski definition) is 2. The van der Waals surface area contributed by atoms with Crippen molar-refractivity contribution < 1.29 is 4.79 Å². The average Bonchev–Trinajstić information content (AvgIpc) is 2.83. The Morgan fingerprint density at radius 2 is 2.12 bits per heavy atom. The number of halogens is 1. The summed E-state index contributed by atoms with van der Waals surface area (Å²) in [5.74, 6) is -0.0371. The first-order valence-corrected chi connectivity index (χ1v) is 6.35. The van der Waals surface area contributed by atoms with Crippen molar-refractivity contribution in [2.45, 2.75) is 6.42 Å². The molecular formula is C12H12IN3O. The van der Waals surface area contributed by atoms with Crippen molar-refractivity contribution >= 4 is 28.5 Å². The fourth-order valence-corrected chi connectivity index (χ4v) is 1.80. The molecule has 0 saturated heterocycles. The van der Waals surface area contributed by atoms with Gasteiger partial charge in [0.1, 0.15) is 0 Å². The van der Waals surface area contributed by atoms with Gasteiger partial charge >= 0.3 is 0 Å². The summed E-state index contributed by atoms with van der Waals surface area (Å²) in [4.78, 5) is 11.7. The van der Waals surface area contributed by atoms with E-state index in [9.17, 15) is 4.79 Å². The molecule has 5 heteroatoms. The Labute approximate surface area is 113 Å². The van der Waals surface area contributed by atoms with Crippen LogP contribution in [0.5, 0.6) is 0 Å². The normalized spacial score (nSPS) is 10.2. The van der Waals surface area contributed by atoms with Crippen LogP contribution in [0.25, 0.3) is 0 Å². The van der Waals surface area contributed by atoms with Crippen molar-refractivity contribution in [2.24, 2.45) is 0 Å². The van der Waals surface area contributed by atoms with Crippen molar-refractivity contribution in [1.29, 1.82) is 0 Å². The van der Waals surface area contributed by atoms with E-state index in [1.807, 2.05) is 30.5 Å². The maximum absolute atomic E-state index is 11.7. The van der Waals surface area contributed by atoms with Crippen LogP contribution in [0.2, 0.25) is 0 Å². The van der Waals surface area contributed by atoms with Crippen LogP contribution in [-0.4, -0.2) is 22.6 Å². The summed E-state index contributed by atoms with van der Waals surface area (Å²) in [6, 6.07) is 7.50. The predicted octanol–water partition coefficient (Wildman–Crippen LogP) is 1.99. The standard InChI is InChI=1S/C12H12IN3O/c13-11-3-1-10(2-4-11)12(17)14-6-5-9-7-15-16-8-9/h1-4,7-8H,5-6H2,(H,14,17)(H,15,16). The molecule has 0 aliphatic rings. The van der Waals surface area contributed by atoms with Crippen LogP contribution in [-0.2, 0) is 6.42 Å². The van der Waals surface area contributed by atoms with E-state index in [1.165, 1.54) is 0 Å². The first-order valence-electron chi connectivity index (χ1n) is 5.27. The molecule has 1 aromatic carbocycles. The van der Waals surface area contributed by atoms with Gasteiger partial charge in [0.2, 0.25) is 0 Å². The molecule has 0 bridgehead atoms. The summed E-state index contributed by atoms with van der Waals surface area (Å²) in [5.41, 5.74) is 1.78. The van der Waals surface area contributed by atoms with Crippen LogP contribution < -0.4 is 5.32 Å². The number of H-pyrrole nitrogens is 1. The third-order valence-electron chi connectivity index (χ3n) is 2.36. The molecule has 2 rings (SSSR count). The number of rotatable bonds is 4. The Hall–Kier alpha value is -1.37. The monoisotopic (exact) mass is 341 g/mol. The Morgan fingerprint density at radius 3 is 2.76 bits per heavy atom. The highest BCUT2D eigenvalue weighted by Gasteiger charge is 2.04. The molecule has 0 unspecified atom stereocenters. The van der Waals surface area contributed by atoms with Gasteiger partial charge in [0.15, 0.2) is 0 Å². The smallest absolute Gasteiger partial charge is 0.251 e. The van der Waals surface area contributed by atoms with Gasteiger partial charge in [-0.25, -0.2) is 0 Å². The molecule has 1 aromatic heterocycles. The molecule has 2 aromatic rings. The number of aromatic amines is 1. The van der Waals surface area contributed by atoms with Crippen LogP contribution in [0, 0.1) is 3.57 Å². The highest BCUT2D eigenvalue weighted by Crippen LogP contribution is 2.06. The topological polar surface area (TPSA) is 57.8 Å². The van der Waals surface area contributed by atoms with Gasteiger partial charge in [0.05, 0.1) is 6.20 Å². The van der Waals surface area contributed by atoms with E-state index in [1.54, 1.807) is 6.20 Å². The van der Waals surface area contributed by atoms with E-state index in [0.717, 1.165) is 15.6 Å². The second-order valence-electron chi connectivity index (χ2n) is 3.62. The number of aromatic nitrogens is 2. The zero-order valence-corrected chi connectivity index (χ0v) is 11.3. The second kappa shape index (κ2) is 5.81. The molecule has 0 aliphatic carbocycles. The minimum absolute atomic E-state index is 0.0371. The van der Waals surface area contributed by atoms with Gasteiger partial charge in [-0.2, -0.15) is 5.10 Å². The Balaban J connectivity index is 1.83. The van der Waals surface area contributed by atoms with Crippen molar-refractivity contribution in [3.8, 4) is 0 Å². The Kier molecular flexibility index (Phi) is 4.13. The van der Waals surface area contributed by atoms with Gasteiger partial charge in [0, 0.05) is 21.9 Å². The minimum atomic E-state index is -0.0371. The first-order chi connectivity index (χ1) is 8.25. The summed E-state index contributed by atoms with van der Waals surface area (Å²) >= 11 is 2.21. The fraction of sp³-hybridized carbons (Fsp3) is 0.167. The quantitative estimate of drug-likeness (QED) is 0.836. The van der Waals surface area contributed by atoms with Crippen LogP contribution in [0.1, 0.15) is 15.9 Å². The number of carbonyl (C=O) groups is 1. The third-order valence-corrected chi connectivity index (χ3v) is 3.08. The number of hydrogen-bond acceptors (Lipinski definition) is 2. The van der Waals surface area contributed by atoms with Gasteiger partial charge in [-0.3, -0.25) is 9.89 Å². The lowest BCUT2D eigenvalue weighted by molar-refractivity contribution is 0.0954. The zero-order chi connectivity index (χ0) is 12.1. The number of benzene rings is 1. The highest BCUT2D eigenvalue weighted by atomic mass is 127. The number of nitrogens with zero attached hydrogens (tertiary/aromatic N) is 1. The van der Waals surface area contributed by atoms with Crippen molar-refractivity contribution in [3.05, 3.63) is 51.4 Å². The van der Waals surface area contributed by atoms with E-state index in [-0.39, 0.29) is 5.91 Å². The molecule has 0 saturated carbocycles. The third kappa shape index (κ3) is 3.55. The summed E-state index contributed by atoms with van der Waals surface area (Å²) in [5, 5.41) is 9.47. The Bertz CT molecular complexity index is 479. The molecule has 0 aliphatic heterocycles. The SMILES string of the molecule is O=C(NCCc1cn[nH]c1)c1ccc(I)cc1. The fourth-order valence-electron chi connectivity index (χ4n) is 1.44. The maximum Gasteiger partial charge on any atom is 0.251 e. The van der Waals surface area contributed by atoms with E-state index < -0.39 is 0 Å². The van der Waals surface area contributed by atoms with Crippen LogP contribution >= 0.6 is 22.6 Å². The lowest BCUT2D eigenvalue weighted by Gasteiger charge is -2.04. The molecule has 4 nitrogen and oxygen atoms in total. The number of amides is 1. The second-order valence-corrected chi connectivity index (χ2v) is 4.86. The maximum atomic E-state index is 11.7. The van der Waals surface area contributed by atoms with E-state index in [2.05, 4.69) is 38.1 Å². The van der Waals surface area contributed by atoms with Gasteiger partial charge < -0.3 is 5.32 Å². The first kappa shape index (κ1) is 12.1. The molecular weight excluding hydrogens is 329 g/mol. The summed E-state index contributed by atoms with van der Waals surface area (Å²) in [6.45, 7) is 0.615. The predicted molar refractivity (Wildman–Crippen MR) is 73.8 cm³/mol. The highest BCUT2D eigenvalue weighted by molar-refractivity contribution is 14.1. The summed E-state index contributed by atoms with van der Waals surface area (Å²) < 4.78 is 1.12. The minimum Gasteiger partial charge on any atom is -0.352 e. The summed E-state index contributed by atoms with van der Waals surface area (Å²) in [7, 11) is 0. The number of carbonyl (C=O) groups excluding carboxylic acids is 1. The van der Waals surface area contributed by atoms with E-state index in [0.29, 0.717) is 12.1 Å². The molecule has 2 N–H and O–H groups in total. The molecule has 0 radical (unpaired) electrons. The summed E-state index contributed by atoms with van der Waals surface area (Å²) in [6.07, 6.45) is 4.38. The molecule has 17 heavy (non-hydrogen) atoms. The van der Waals surface area contributed by atoms with Crippen molar-refractivity contribution in [1.82, 2.24) is 15.5 Å². The lowest BCUT2D eigenvalue weighted by Crippen LogP contribution is -2.25. The van der Waals surface area contributed by atoms with Gasteiger partial charge in [-0.15, -0.1) is 0 Å². The van der Waals surface area contributed by atoms with Crippen molar-refractivity contribution in [3.63, 3.8) is 0 Å². The molecule has 88 valence electrons. The molecule has 0 atom stereocenters. The van der Waals surface area contributed by atoms with Gasteiger partial charge in [-0.05, 0) is 58.8 Å². The van der Waals surface area contributed by atoms with Crippen molar-refractivity contribution in [2.75, 3.05) is 6.54 Å². The van der Waals surface area contributed by atoms with Crippen LogP contribution in [0.3, 0.4) is 0 Å². The van der Waals surface area contributed by atoms with Crippen LogP contribution in [0.15, 0.2) is 36.7 Å². The van der Waals surface area contributed by atoms with Gasteiger partial charge in [-0.1, -0.05) is 0 Å². The molecule has 1 heterocycles. The Morgan fingerprint density at radius 1 is 1.35 bits per heavy atom.